The molecule has 1 N–H and O–H groups in total. The summed E-state index contributed by atoms with van der Waals surface area (Å²) in [6.07, 6.45) is 1.48. The molecule has 0 saturated carbocycles. The molecule has 1 aromatic carbocycles. The fourth-order valence-corrected chi connectivity index (χ4v) is 3.06. The van der Waals surface area contributed by atoms with Gasteiger partial charge in [0.25, 0.3) is 5.91 Å². The molecular formula is C16H23Cl3N2O2. The molecule has 1 heterocycles. The normalized spacial score (nSPS) is 16.6. The standard InChI is InChI=1S/C16H22Cl2N2O2.ClH/c1-11(22-14-5-3-4-13(17)15(14)18)16(21)20-8-6-12(7-9-20)10-19-2;/h3-5,11-12,19H,6-10H2,1-2H3;1H. The lowest BCUT2D eigenvalue weighted by molar-refractivity contribution is -0.139. The summed E-state index contributed by atoms with van der Waals surface area (Å²) in [6, 6.07) is 5.16. The van der Waals surface area contributed by atoms with Crippen LogP contribution in [-0.4, -0.2) is 43.6 Å². The zero-order valence-corrected chi connectivity index (χ0v) is 15.7. The number of hydrogen-bond donors (Lipinski definition) is 1. The number of piperidine rings is 1. The Hall–Kier alpha value is -0.680. The van der Waals surface area contributed by atoms with Gasteiger partial charge in [-0.2, -0.15) is 0 Å². The van der Waals surface area contributed by atoms with Crippen LogP contribution in [0.5, 0.6) is 5.75 Å². The van der Waals surface area contributed by atoms with Crippen molar-refractivity contribution in [1.82, 2.24) is 10.2 Å². The van der Waals surface area contributed by atoms with E-state index in [0.717, 1.165) is 32.5 Å². The summed E-state index contributed by atoms with van der Waals surface area (Å²) in [6.45, 7) is 4.32. The lowest BCUT2D eigenvalue weighted by atomic mass is 9.96. The van der Waals surface area contributed by atoms with Gasteiger partial charge in [0.15, 0.2) is 6.10 Å². The predicted octanol–water partition coefficient (Wildman–Crippen LogP) is 3.64. The first-order valence-corrected chi connectivity index (χ1v) is 8.32. The van der Waals surface area contributed by atoms with Gasteiger partial charge < -0.3 is 15.0 Å². The number of nitrogens with one attached hydrogen (secondary N) is 1. The molecule has 0 aliphatic carbocycles. The van der Waals surface area contributed by atoms with E-state index in [-0.39, 0.29) is 18.3 Å². The first-order chi connectivity index (χ1) is 10.5. The second-order valence-corrected chi connectivity index (χ2v) is 6.42. The Morgan fingerprint density at radius 2 is 2.04 bits per heavy atom. The summed E-state index contributed by atoms with van der Waals surface area (Å²) in [5.41, 5.74) is 0. The number of nitrogens with zero attached hydrogens (tertiary/aromatic N) is 1. The van der Waals surface area contributed by atoms with E-state index >= 15 is 0 Å². The highest BCUT2D eigenvalue weighted by molar-refractivity contribution is 6.42. The number of amides is 1. The minimum absolute atomic E-state index is 0. The maximum Gasteiger partial charge on any atom is 0.263 e. The van der Waals surface area contributed by atoms with Gasteiger partial charge in [-0.15, -0.1) is 12.4 Å². The molecule has 23 heavy (non-hydrogen) atoms. The Labute approximate surface area is 153 Å². The van der Waals surface area contributed by atoms with Gasteiger partial charge in [-0.25, -0.2) is 0 Å². The predicted molar refractivity (Wildman–Crippen MR) is 97.0 cm³/mol. The molecule has 4 nitrogen and oxygen atoms in total. The quantitative estimate of drug-likeness (QED) is 0.846. The topological polar surface area (TPSA) is 41.6 Å². The van der Waals surface area contributed by atoms with Crippen molar-refractivity contribution >= 4 is 41.5 Å². The molecule has 1 atom stereocenters. The lowest BCUT2D eigenvalue weighted by Gasteiger charge is -2.33. The van der Waals surface area contributed by atoms with Gasteiger partial charge in [0.05, 0.1) is 5.02 Å². The van der Waals surface area contributed by atoms with Crippen molar-refractivity contribution in [2.75, 3.05) is 26.7 Å². The van der Waals surface area contributed by atoms with E-state index in [1.54, 1.807) is 25.1 Å². The molecular weight excluding hydrogens is 359 g/mol. The van der Waals surface area contributed by atoms with E-state index < -0.39 is 6.10 Å². The highest BCUT2D eigenvalue weighted by Crippen LogP contribution is 2.32. The van der Waals surface area contributed by atoms with E-state index in [9.17, 15) is 4.79 Å². The summed E-state index contributed by atoms with van der Waals surface area (Å²) in [7, 11) is 1.96. The summed E-state index contributed by atoms with van der Waals surface area (Å²) >= 11 is 12.1. The van der Waals surface area contributed by atoms with Crippen LogP contribution >= 0.6 is 35.6 Å². The van der Waals surface area contributed by atoms with E-state index in [4.69, 9.17) is 27.9 Å². The molecule has 0 radical (unpaired) electrons. The number of carbonyl (C=O) groups excluding carboxylic acids is 1. The molecule has 0 spiro atoms. The average Bonchev–Trinajstić information content (AvgIpc) is 2.52. The highest BCUT2D eigenvalue weighted by atomic mass is 35.5. The van der Waals surface area contributed by atoms with Crippen LogP contribution in [0.25, 0.3) is 0 Å². The van der Waals surface area contributed by atoms with Crippen molar-refractivity contribution in [3.8, 4) is 5.75 Å². The smallest absolute Gasteiger partial charge is 0.263 e. The fraction of sp³-hybridized carbons (Fsp3) is 0.562. The van der Waals surface area contributed by atoms with Crippen LogP contribution in [0.4, 0.5) is 0 Å². The van der Waals surface area contributed by atoms with E-state index in [1.807, 2.05) is 11.9 Å². The van der Waals surface area contributed by atoms with Gasteiger partial charge in [-0.05, 0) is 51.4 Å². The Morgan fingerprint density at radius 1 is 1.39 bits per heavy atom. The van der Waals surface area contributed by atoms with Crippen LogP contribution in [0.1, 0.15) is 19.8 Å². The Kier molecular flexibility index (Phi) is 8.48. The third-order valence-electron chi connectivity index (χ3n) is 3.99. The van der Waals surface area contributed by atoms with Gasteiger partial charge in [0, 0.05) is 13.1 Å². The van der Waals surface area contributed by atoms with Crippen molar-refractivity contribution in [2.24, 2.45) is 5.92 Å². The first-order valence-electron chi connectivity index (χ1n) is 7.57. The third-order valence-corrected chi connectivity index (χ3v) is 4.79. The van der Waals surface area contributed by atoms with Crippen molar-refractivity contribution < 1.29 is 9.53 Å². The SMILES string of the molecule is CNCC1CCN(C(=O)C(C)Oc2cccc(Cl)c2Cl)CC1.Cl. The number of ether oxygens (including phenoxy) is 1. The maximum absolute atomic E-state index is 12.5. The zero-order valence-electron chi connectivity index (χ0n) is 13.4. The van der Waals surface area contributed by atoms with Gasteiger partial charge >= 0.3 is 0 Å². The summed E-state index contributed by atoms with van der Waals surface area (Å²) in [5, 5.41) is 3.96. The van der Waals surface area contributed by atoms with Crippen LogP contribution in [0.3, 0.4) is 0 Å². The monoisotopic (exact) mass is 380 g/mol. The third kappa shape index (κ3) is 5.42. The van der Waals surface area contributed by atoms with Crippen LogP contribution in [0, 0.1) is 5.92 Å². The zero-order chi connectivity index (χ0) is 16.1. The molecule has 0 bridgehead atoms. The summed E-state index contributed by atoms with van der Waals surface area (Å²) in [4.78, 5) is 14.3. The molecule has 2 rings (SSSR count). The molecule has 1 aliphatic heterocycles. The molecule has 1 fully saturated rings. The Balaban J connectivity index is 0.00000264. The first kappa shape index (κ1) is 20.4. The van der Waals surface area contributed by atoms with Crippen molar-refractivity contribution in [3.05, 3.63) is 28.2 Å². The lowest BCUT2D eigenvalue weighted by Crippen LogP contribution is -2.45. The summed E-state index contributed by atoms with van der Waals surface area (Å²) in [5.74, 6) is 1.09. The molecule has 1 unspecified atom stereocenters. The van der Waals surface area contributed by atoms with E-state index in [2.05, 4.69) is 5.32 Å². The van der Waals surface area contributed by atoms with Crippen molar-refractivity contribution in [1.29, 1.82) is 0 Å². The van der Waals surface area contributed by atoms with Gasteiger partial charge in [-0.1, -0.05) is 29.3 Å². The number of likely N-dealkylation sites (tertiary alicyclic amines) is 1. The van der Waals surface area contributed by atoms with Gasteiger partial charge in [0.1, 0.15) is 10.8 Å². The van der Waals surface area contributed by atoms with Crippen molar-refractivity contribution in [2.45, 2.75) is 25.9 Å². The molecule has 1 aliphatic rings. The van der Waals surface area contributed by atoms with Crippen LogP contribution in [-0.2, 0) is 4.79 Å². The van der Waals surface area contributed by atoms with Gasteiger partial charge in [0.2, 0.25) is 0 Å². The Bertz CT molecular complexity index is 520. The highest BCUT2D eigenvalue weighted by Gasteiger charge is 2.27. The number of hydrogen-bond acceptors (Lipinski definition) is 3. The van der Waals surface area contributed by atoms with Gasteiger partial charge in [-0.3, -0.25) is 4.79 Å². The second-order valence-electron chi connectivity index (χ2n) is 5.64. The van der Waals surface area contributed by atoms with E-state index in [1.165, 1.54) is 0 Å². The number of benzene rings is 1. The molecule has 130 valence electrons. The second kappa shape index (κ2) is 9.58. The molecule has 1 amide bonds. The van der Waals surface area contributed by atoms with E-state index in [0.29, 0.717) is 21.7 Å². The van der Waals surface area contributed by atoms with Crippen LogP contribution < -0.4 is 10.1 Å². The molecule has 7 heteroatoms. The van der Waals surface area contributed by atoms with Crippen molar-refractivity contribution in [3.63, 3.8) is 0 Å². The maximum atomic E-state index is 12.5. The number of carbonyl (C=O) groups is 1. The average molecular weight is 382 g/mol. The summed E-state index contributed by atoms with van der Waals surface area (Å²) < 4.78 is 5.70. The molecule has 1 aromatic rings. The minimum Gasteiger partial charge on any atom is -0.479 e. The molecule has 0 aromatic heterocycles. The molecule has 1 saturated heterocycles. The van der Waals surface area contributed by atoms with Crippen LogP contribution in [0.2, 0.25) is 10.0 Å². The van der Waals surface area contributed by atoms with Crippen LogP contribution in [0.15, 0.2) is 18.2 Å². The minimum atomic E-state index is -0.572. The number of rotatable bonds is 5. The number of halogens is 3. The fourth-order valence-electron chi connectivity index (χ4n) is 2.72. The largest absolute Gasteiger partial charge is 0.479 e. The Morgan fingerprint density at radius 3 is 2.65 bits per heavy atom.